The minimum absolute atomic E-state index is 0.200. The first-order valence-electron chi connectivity index (χ1n) is 13.2. The van der Waals surface area contributed by atoms with Crippen LogP contribution in [0.4, 0.5) is 11.6 Å². The molecule has 0 fully saturated rings. The molecule has 0 saturated heterocycles. The van der Waals surface area contributed by atoms with Crippen LogP contribution in [0, 0.1) is 11.3 Å². The van der Waals surface area contributed by atoms with E-state index < -0.39 is 18.1 Å². The van der Waals surface area contributed by atoms with E-state index in [1.165, 1.54) is 0 Å². The number of nitriles is 1. The summed E-state index contributed by atoms with van der Waals surface area (Å²) in [5.41, 5.74) is 4.25. The summed E-state index contributed by atoms with van der Waals surface area (Å²) >= 11 is 0. The van der Waals surface area contributed by atoms with Crippen LogP contribution in [0.5, 0.6) is 0 Å². The highest BCUT2D eigenvalue weighted by atomic mass is 16.5. The molecular weight excluding hydrogens is 518 g/mol. The number of benzene rings is 1. The predicted octanol–water partition coefficient (Wildman–Crippen LogP) is 6.13. The Labute approximate surface area is 237 Å². The van der Waals surface area contributed by atoms with Crippen LogP contribution in [0.1, 0.15) is 51.9 Å². The molecule has 0 atom stereocenters. The smallest absolute Gasteiger partial charge is 0.342 e. The molecule has 204 valence electrons. The Morgan fingerprint density at radius 1 is 0.732 bits per heavy atom. The van der Waals surface area contributed by atoms with Crippen LogP contribution in [0.2, 0.25) is 0 Å². The molecule has 2 heterocycles. The number of nitrogens with zero attached hydrogens (tertiary/aromatic N) is 3. The summed E-state index contributed by atoms with van der Waals surface area (Å²) in [5.74, 6) is -0.434. The highest BCUT2D eigenvalue weighted by molar-refractivity contribution is 6.04. The molecule has 4 aliphatic rings. The Morgan fingerprint density at radius 2 is 1.20 bits per heavy atom. The monoisotopic (exact) mass is 545 g/mol. The molecule has 0 radical (unpaired) electrons. The molecule has 1 aromatic carbocycles. The maximum atomic E-state index is 13.1. The maximum Gasteiger partial charge on any atom is 0.342 e. The number of aromatic nitrogens is 2. The van der Waals surface area contributed by atoms with Crippen molar-refractivity contribution >= 4 is 23.6 Å². The van der Waals surface area contributed by atoms with Crippen LogP contribution in [-0.2, 0) is 9.47 Å². The molecule has 9 heteroatoms. The number of carbonyl (C=O) groups excluding carboxylic acids is 2. The number of hydrogen-bond acceptors (Lipinski definition) is 9. The standard InChI is InChI=1S/C32H27N5O4/c1-3-40-31(38)26-22-11-7-5-9-13-24(22)34-29(26)36-28(21-17-15-20(19-33)16-18-21)37-30-27(32(39)41-4-2)23-12-8-6-10-14-25(23)35-30/h5-18,28H,3-4H2,1-2H3,(H,34,36)(H,35,37). The van der Waals surface area contributed by atoms with Gasteiger partial charge in [0.05, 0.1) is 36.2 Å². The number of esters is 2. The summed E-state index contributed by atoms with van der Waals surface area (Å²) in [6.07, 6.45) is -0.722. The number of nitrogens with one attached hydrogen (secondary N) is 2. The Balaban J connectivity index is 1.64. The van der Waals surface area contributed by atoms with Gasteiger partial charge < -0.3 is 20.1 Å². The molecule has 0 saturated carbocycles. The fourth-order valence-corrected chi connectivity index (χ4v) is 4.56. The number of carbonyl (C=O) groups is 2. The Bertz CT molecular complexity index is 1580. The maximum absolute atomic E-state index is 13.1. The molecular formula is C32H27N5O4. The van der Waals surface area contributed by atoms with E-state index in [1.54, 1.807) is 38.1 Å². The van der Waals surface area contributed by atoms with E-state index in [2.05, 4.69) is 16.7 Å². The zero-order valence-electron chi connectivity index (χ0n) is 22.5. The highest BCUT2D eigenvalue weighted by Crippen LogP contribution is 2.37. The van der Waals surface area contributed by atoms with Gasteiger partial charge in [-0.25, -0.2) is 19.6 Å². The molecule has 2 aliphatic carbocycles. The van der Waals surface area contributed by atoms with E-state index in [0.717, 1.165) is 0 Å². The molecule has 1 aromatic rings. The summed E-state index contributed by atoms with van der Waals surface area (Å²) < 4.78 is 10.8. The Kier molecular flexibility index (Phi) is 8.02. The van der Waals surface area contributed by atoms with Gasteiger partial charge in [0.15, 0.2) is 0 Å². The van der Waals surface area contributed by atoms with E-state index in [9.17, 15) is 14.9 Å². The van der Waals surface area contributed by atoms with Crippen molar-refractivity contribution < 1.29 is 19.1 Å². The molecule has 0 unspecified atom stereocenters. The van der Waals surface area contributed by atoms with E-state index >= 15 is 0 Å². The van der Waals surface area contributed by atoms with Crippen molar-refractivity contribution in [1.82, 2.24) is 9.97 Å². The lowest BCUT2D eigenvalue weighted by molar-refractivity contribution is 0.0519. The summed E-state index contributed by atoms with van der Waals surface area (Å²) in [6, 6.07) is 27.4. The second-order valence-electron chi connectivity index (χ2n) is 8.99. The highest BCUT2D eigenvalue weighted by Gasteiger charge is 2.29. The van der Waals surface area contributed by atoms with Gasteiger partial charge in [-0.2, -0.15) is 5.26 Å². The fourth-order valence-electron chi connectivity index (χ4n) is 4.56. The second kappa shape index (κ2) is 12.1. The van der Waals surface area contributed by atoms with Gasteiger partial charge in [0, 0.05) is 11.1 Å². The molecule has 0 bridgehead atoms. The Hall–Kier alpha value is -5.49. The van der Waals surface area contributed by atoms with Crippen LogP contribution >= 0.6 is 0 Å². The molecule has 2 aliphatic heterocycles. The van der Waals surface area contributed by atoms with Crippen molar-refractivity contribution in [3.8, 4) is 28.6 Å². The molecule has 41 heavy (non-hydrogen) atoms. The molecule has 0 spiro atoms. The van der Waals surface area contributed by atoms with Crippen LogP contribution in [0.3, 0.4) is 0 Å². The normalized spacial score (nSPS) is 10.8. The average molecular weight is 546 g/mol. The van der Waals surface area contributed by atoms with Crippen molar-refractivity contribution in [3.63, 3.8) is 0 Å². The summed E-state index contributed by atoms with van der Waals surface area (Å²) in [7, 11) is 0. The number of hydrogen-bond donors (Lipinski definition) is 2. The number of rotatable bonds is 9. The van der Waals surface area contributed by atoms with Gasteiger partial charge in [0.1, 0.15) is 28.9 Å². The average Bonchev–Trinajstić information content (AvgIpc) is 3.26. The number of ether oxygens (including phenoxy) is 2. The summed E-state index contributed by atoms with van der Waals surface area (Å²) in [4.78, 5) is 35.7. The third-order valence-electron chi connectivity index (χ3n) is 6.40. The predicted molar refractivity (Wildman–Crippen MR) is 155 cm³/mol. The molecule has 0 amide bonds. The van der Waals surface area contributed by atoms with Crippen LogP contribution in [0.15, 0.2) is 84.9 Å². The lowest BCUT2D eigenvalue weighted by Gasteiger charge is -2.22. The van der Waals surface area contributed by atoms with Crippen LogP contribution in [-0.4, -0.2) is 35.1 Å². The fraction of sp³-hybridized carbons (Fsp3) is 0.156. The first-order valence-corrected chi connectivity index (χ1v) is 13.2. The molecule has 9 nitrogen and oxygen atoms in total. The number of anilines is 2. The molecule has 0 aromatic heterocycles. The SMILES string of the molecule is CCOC(=O)c1c2cccccc-2nc1NC(Nc1nc2cccccc-2c1C(=O)OCC)c1ccc(C#N)cc1. The van der Waals surface area contributed by atoms with Crippen molar-refractivity contribution in [2.75, 3.05) is 23.8 Å². The van der Waals surface area contributed by atoms with E-state index in [1.807, 2.05) is 60.7 Å². The van der Waals surface area contributed by atoms with E-state index in [0.29, 0.717) is 45.3 Å². The molecule has 5 rings (SSSR count). The van der Waals surface area contributed by atoms with Crippen molar-refractivity contribution in [2.45, 2.75) is 20.0 Å². The first kappa shape index (κ1) is 27.1. The van der Waals surface area contributed by atoms with Gasteiger partial charge in [-0.1, -0.05) is 60.7 Å². The molecule has 2 N–H and O–H groups in total. The zero-order chi connectivity index (χ0) is 28.8. The number of fused-ring (bicyclic) bond motifs is 2. The van der Waals surface area contributed by atoms with Crippen molar-refractivity contribution in [3.05, 3.63) is 107 Å². The van der Waals surface area contributed by atoms with Gasteiger partial charge in [0.25, 0.3) is 0 Å². The quantitative estimate of drug-likeness (QED) is 0.166. The third kappa shape index (κ3) is 5.63. The first-order chi connectivity index (χ1) is 20.0. The minimum atomic E-state index is -0.722. The largest absolute Gasteiger partial charge is 0.462 e. The van der Waals surface area contributed by atoms with E-state index in [-0.39, 0.29) is 24.3 Å². The van der Waals surface area contributed by atoms with Crippen LogP contribution < -0.4 is 10.6 Å². The van der Waals surface area contributed by atoms with Gasteiger partial charge >= 0.3 is 11.9 Å². The van der Waals surface area contributed by atoms with Gasteiger partial charge in [-0.3, -0.25) is 0 Å². The lowest BCUT2D eigenvalue weighted by Crippen LogP contribution is -2.23. The second-order valence-corrected chi connectivity index (χ2v) is 8.99. The van der Waals surface area contributed by atoms with E-state index in [4.69, 9.17) is 19.4 Å². The van der Waals surface area contributed by atoms with Crippen LogP contribution in [0.25, 0.3) is 22.5 Å². The third-order valence-corrected chi connectivity index (χ3v) is 6.40. The van der Waals surface area contributed by atoms with Gasteiger partial charge in [-0.05, 0) is 43.7 Å². The minimum Gasteiger partial charge on any atom is -0.462 e. The van der Waals surface area contributed by atoms with Gasteiger partial charge in [0.2, 0.25) is 0 Å². The van der Waals surface area contributed by atoms with Crippen molar-refractivity contribution in [1.29, 1.82) is 5.26 Å². The lowest BCUT2D eigenvalue weighted by atomic mass is 10.1. The summed E-state index contributed by atoms with van der Waals surface area (Å²) in [5, 5.41) is 16.0. The summed E-state index contributed by atoms with van der Waals surface area (Å²) in [6.45, 7) is 3.89. The Morgan fingerprint density at radius 3 is 1.63 bits per heavy atom. The van der Waals surface area contributed by atoms with Crippen molar-refractivity contribution in [2.24, 2.45) is 0 Å². The topological polar surface area (TPSA) is 126 Å². The van der Waals surface area contributed by atoms with Gasteiger partial charge in [-0.15, -0.1) is 0 Å². The zero-order valence-corrected chi connectivity index (χ0v) is 22.5.